The quantitative estimate of drug-likeness (QED) is 0.894. The smallest absolute Gasteiger partial charge is 0.245 e. The number of nitrogens with two attached hydrogens (primary N) is 1. The fraction of sp³-hybridized carbons (Fsp3) is 0.571. The molecule has 6 heteroatoms. The van der Waals surface area contributed by atoms with Gasteiger partial charge in [0.1, 0.15) is 5.76 Å². The molecular weight excluding hydrogens is 254 g/mol. The maximum absolute atomic E-state index is 5.97. The third-order valence-corrected chi connectivity index (χ3v) is 4.01. The van der Waals surface area contributed by atoms with E-state index in [0.717, 1.165) is 43.4 Å². The molecule has 3 rings (SSSR count). The molecule has 3 N–H and O–H groups in total. The monoisotopic (exact) mass is 275 g/mol. The highest BCUT2D eigenvalue weighted by atomic mass is 16.3. The van der Waals surface area contributed by atoms with E-state index in [4.69, 9.17) is 10.2 Å². The van der Waals surface area contributed by atoms with Crippen LogP contribution in [0.3, 0.4) is 0 Å². The van der Waals surface area contributed by atoms with Crippen LogP contribution < -0.4 is 10.6 Å². The summed E-state index contributed by atoms with van der Waals surface area (Å²) in [5.41, 5.74) is 5.97. The lowest BCUT2D eigenvalue weighted by Crippen LogP contribution is -2.40. The Balaban J connectivity index is 1.69. The summed E-state index contributed by atoms with van der Waals surface area (Å²) in [7, 11) is 0. The molecule has 3 heterocycles. The molecule has 1 aliphatic heterocycles. The zero-order valence-corrected chi connectivity index (χ0v) is 12.0. The number of nitrogens with one attached hydrogen (secondary N) is 1. The van der Waals surface area contributed by atoms with Gasteiger partial charge in [0.2, 0.25) is 5.95 Å². The van der Waals surface area contributed by atoms with E-state index in [2.05, 4.69) is 27.0 Å². The van der Waals surface area contributed by atoms with E-state index in [1.54, 1.807) is 0 Å². The van der Waals surface area contributed by atoms with Gasteiger partial charge in [-0.1, -0.05) is 0 Å². The van der Waals surface area contributed by atoms with E-state index in [9.17, 15) is 0 Å². The summed E-state index contributed by atoms with van der Waals surface area (Å²) in [6.45, 7) is 5.92. The van der Waals surface area contributed by atoms with Crippen molar-refractivity contribution in [3.8, 4) is 11.6 Å². The molecule has 20 heavy (non-hydrogen) atoms. The largest absolute Gasteiger partial charge is 0.458 e. The van der Waals surface area contributed by atoms with Gasteiger partial charge in [0.25, 0.3) is 0 Å². The predicted octanol–water partition coefficient (Wildman–Crippen LogP) is 1.94. The van der Waals surface area contributed by atoms with E-state index in [0.29, 0.717) is 11.7 Å². The summed E-state index contributed by atoms with van der Waals surface area (Å²) in [6.07, 6.45) is 2.20. The molecule has 0 radical (unpaired) electrons. The number of nitrogens with zero attached hydrogens (tertiary/aromatic N) is 3. The van der Waals surface area contributed by atoms with Crippen molar-refractivity contribution >= 4 is 5.95 Å². The van der Waals surface area contributed by atoms with Gasteiger partial charge in [0.15, 0.2) is 11.6 Å². The summed E-state index contributed by atoms with van der Waals surface area (Å²) in [4.78, 5) is 6.72. The Kier molecular flexibility index (Phi) is 3.48. The minimum Gasteiger partial charge on any atom is -0.458 e. The van der Waals surface area contributed by atoms with E-state index in [1.807, 2.05) is 19.1 Å². The molecule has 2 aromatic heterocycles. The number of aromatic nitrogens is 3. The molecule has 6 nitrogen and oxygen atoms in total. The van der Waals surface area contributed by atoms with Gasteiger partial charge in [-0.3, -0.25) is 5.10 Å². The predicted molar refractivity (Wildman–Crippen MR) is 77.4 cm³/mol. The van der Waals surface area contributed by atoms with Crippen molar-refractivity contribution in [2.75, 3.05) is 18.0 Å². The van der Waals surface area contributed by atoms with E-state index >= 15 is 0 Å². The van der Waals surface area contributed by atoms with Crippen LogP contribution in [0.5, 0.6) is 0 Å². The Bertz CT molecular complexity index is 566. The van der Waals surface area contributed by atoms with Crippen LogP contribution in [0, 0.1) is 12.8 Å². The van der Waals surface area contributed by atoms with Gasteiger partial charge in [-0.15, -0.1) is 5.10 Å². The first-order valence-electron chi connectivity index (χ1n) is 7.13. The number of aryl methyl sites for hydroxylation is 1. The number of H-pyrrole nitrogens is 1. The van der Waals surface area contributed by atoms with Gasteiger partial charge in [0, 0.05) is 19.1 Å². The normalized spacial score (nSPS) is 18.4. The molecule has 2 aromatic rings. The Labute approximate surface area is 118 Å². The molecule has 0 amide bonds. The second-order valence-electron chi connectivity index (χ2n) is 5.58. The van der Waals surface area contributed by atoms with Gasteiger partial charge in [-0.05, 0) is 44.7 Å². The van der Waals surface area contributed by atoms with Crippen LogP contribution in [0.2, 0.25) is 0 Å². The minimum atomic E-state index is 0.269. The van der Waals surface area contributed by atoms with Gasteiger partial charge in [0.05, 0.1) is 0 Å². The zero-order chi connectivity index (χ0) is 14.1. The SMILES string of the molecule is Cc1ccc(-c2nc(N3CCC(C(C)N)CC3)n[nH]2)o1. The second-order valence-corrected chi connectivity index (χ2v) is 5.58. The average Bonchev–Trinajstić information content (AvgIpc) is 3.07. The maximum atomic E-state index is 5.97. The Morgan fingerprint density at radius 1 is 1.40 bits per heavy atom. The highest BCUT2D eigenvalue weighted by molar-refractivity contribution is 5.49. The number of hydrogen-bond acceptors (Lipinski definition) is 5. The third kappa shape index (κ3) is 2.56. The highest BCUT2D eigenvalue weighted by Gasteiger charge is 2.24. The minimum absolute atomic E-state index is 0.269. The van der Waals surface area contributed by atoms with Gasteiger partial charge < -0.3 is 15.1 Å². The molecule has 108 valence electrons. The van der Waals surface area contributed by atoms with Crippen molar-refractivity contribution in [1.29, 1.82) is 0 Å². The van der Waals surface area contributed by atoms with Crippen LogP contribution in [-0.4, -0.2) is 34.3 Å². The number of anilines is 1. The first kappa shape index (κ1) is 13.2. The lowest BCUT2D eigenvalue weighted by molar-refractivity contribution is 0.352. The van der Waals surface area contributed by atoms with E-state index in [1.165, 1.54) is 0 Å². The van der Waals surface area contributed by atoms with Crippen molar-refractivity contribution in [2.24, 2.45) is 11.7 Å². The molecule has 0 aliphatic carbocycles. The number of piperidine rings is 1. The molecule has 1 unspecified atom stereocenters. The second kappa shape index (κ2) is 5.28. The standard InChI is InChI=1S/C14H21N5O/c1-9-3-4-12(20-9)13-16-14(18-17-13)19-7-5-11(6-8-19)10(2)15/h3-4,10-11H,5-8,15H2,1-2H3,(H,16,17,18). The first-order chi connectivity index (χ1) is 9.63. The fourth-order valence-corrected chi connectivity index (χ4v) is 2.69. The Morgan fingerprint density at radius 3 is 2.75 bits per heavy atom. The van der Waals surface area contributed by atoms with Crippen molar-refractivity contribution in [3.63, 3.8) is 0 Å². The summed E-state index contributed by atoms with van der Waals surface area (Å²) in [5, 5.41) is 7.24. The number of hydrogen-bond donors (Lipinski definition) is 2. The lowest BCUT2D eigenvalue weighted by Gasteiger charge is -2.32. The molecule has 0 saturated carbocycles. The van der Waals surface area contributed by atoms with Crippen LogP contribution >= 0.6 is 0 Å². The molecular formula is C14H21N5O. The number of rotatable bonds is 3. The number of aromatic amines is 1. The fourth-order valence-electron chi connectivity index (χ4n) is 2.69. The zero-order valence-electron chi connectivity index (χ0n) is 12.0. The van der Waals surface area contributed by atoms with Crippen molar-refractivity contribution in [2.45, 2.75) is 32.7 Å². The van der Waals surface area contributed by atoms with Crippen molar-refractivity contribution in [1.82, 2.24) is 15.2 Å². The number of furan rings is 1. The summed E-state index contributed by atoms with van der Waals surface area (Å²) < 4.78 is 5.55. The van der Waals surface area contributed by atoms with E-state index in [-0.39, 0.29) is 6.04 Å². The summed E-state index contributed by atoms with van der Waals surface area (Å²) in [5.74, 6) is 3.64. The Hall–Kier alpha value is -1.82. The highest BCUT2D eigenvalue weighted by Crippen LogP contribution is 2.24. The van der Waals surface area contributed by atoms with E-state index < -0.39 is 0 Å². The maximum Gasteiger partial charge on any atom is 0.245 e. The van der Waals surface area contributed by atoms with Gasteiger partial charge in [-0.2, -0.15) is 4.98 Å². The van der Waals surface area contributed by atoms with Gasteiger partial charge in [-0.25, -0.2) is 0 Å². The lowest BCUT2D eigenvalue weighted by atomic mass is 9.91. The molecule has 0 aromatic carbocycles. The first-order valence-corrected chi connectivity index (χ1v) is 7.13. The molecule has 1 atom stereocenters. The average molecular weight is 275 g/mol. The summed E-state index contributed by atoms with van der Waals surface area (Å²) >= 11 is 0. The van der Waals surface area contributed by atoms with Crippen LogP contribution in [0.15, 0.2) is 16.5 Å². The molecule has 1 saturated heterocycles. The van der Waals surface area contributed by atoms with Gasteiger partial charge >= 0.3 is 0 Å². The molecule has 0 spiro atoms. The molecule has 1 fully saturated rings. The van der Waals surface area contributed by atoms with Crippen LogP contribution in [0.1, 0.15) is 25.5 Å². The topological polar surface area (TPSA) is 84.0 Å². The van der Waals surface area contributed by atoms with Crippen molar-refractivity contribution in [3.05, 3.63) is 17.9 Å². The molecule has 0 bridgehead atoms. The Morgan fingerprint density at radius 2 is 2.15 bits per heavy atom. The summed E-state index contributed by atoms with van der Waals surface area (Å²) in [6, 6.07) is 4.10. The third-order valence-electron chi connectivity index (χ3n) is 4.01. The van der Waals surface area contributed by atoms with Crippen LogP contribution in [-0.2, 0) is 0 Å². The molecule has 1 aliphatic rings. The van der Waals surface area contributed by atoms with Crippen molar-refractivity contribution < 1.29 is 4.42 Å². The van der Waals surface area contributed by atoms with Crippen LogP contribution in [0.4, 0.5) is 5.95 Å². The van der Waals surface area contributed by atoms with Crippen LogP contribution in [0.25, 0.3) is 11.6 Å².